The van der Waals surface area contributed by atoms with Crippen molar-refractivity contribution < 1.29 is 9.59 Å². The van der Waals surface area contributed by atoms with Crippen LogP contribution in [0.15, 0.2) is 71.3 Å². The van der Waals surface area contributed by atoms with Gasteiger partial charge in [-0.25, -0.2) is 4.68 Å². The number of para-hydroxylation sites is 1. The van der Waals surface area contributed by atoms with Gasteiger partial charge in [0.1, 0.15) is 5.69 Å². The second kappa shape index (κ2) is 6.59. The molecule has 1 aromatic carbocycles. The molecule has 6 nitrogen and oxygen atoms in total. The van der Waals surface area contributed by atoms with Gasteiger partial charge in [-0.3, -0.25) is 9.59 Å². The number of hydrazone groups is 1. The number of amides is 2. The Bertz CT molecular complexity index is 1260. The summed E-state index contributed by atoms with van der Waals surface area (Å²) in [5.41, 5.74) is 2.49. The molecule has 5 aliphatic rings. The quantitative estimate of drug-likeness (QED) is 0.350. The van der Waals surface area contributed by atoms with Gasteiger partial charge in [-0.15, -0.1) is 11.3 Å². The maximum atomic E-state index is 13.2. The first-order valence-electron chi connectivity index (χ1n) is 11.0. The first-order valence-corrected chi connectivity index (χ1v) is 11.9. The van der Waals surface area contributed by atoms with Gasteiger partial charge in [-0.2, -0.15) is 15.2 Å². The van der Waals surface area contributed by atoms with Crippen molar-refractivity contribution >= 4 is 29.4 Å². The molecule has 0 spiro atoms. The van der Waals surface area contributed by atoms with Crippen LogP contribution >= 0.6 is 11.3 Å². The Hall–Kier alpha value is -3.32. The summed E-state index contributed by atoms with van der Waals surface area (Å²) in [5, 5.41) is 12.3. The number of thiophene rings is 1. The first kappa shape index (κ1) is 18.3. The van der Waals surface area contributed by atoms with E-state index in [9.17, 15) is 9.59 Å². The van der Waals surface area contributed by atoms with Gasteiger partial charge in [0.15, 0.2) is 0 Å². The van der Waals surface area contributed by atoms with Crippen LogP contribution in [0.5, 0.6) is 0 Å². The minimum absolute atomic E-state index is 0.144. The van der Waals surface area contributed by atoms with E-state index in [1.165, 1.54) is 0 Å². The molecule has 32 heavy (non-hydrogen) atoms. The summed E-state index contributed by atoms with van der Waals surface area (Å²) in [4.78, 5) is 27.4. The van der Waals surface area contributed by atoms with Gasteiger partial charge in [-0.05, 0) is 53.7 Å². The number of nitrogens with zero attached hydrogens (tertiary/aromatic N) is 4. The molecule has 0 radical (unpaired) electrons. The molecule has 4 aliphatic carbocycles. The minimum atomic E-state index is -0.234. The number of rotatable bonds is 4. The van der Waals surface area contributed by atoms with E-state index < -0.39 is 0 Å². The monoisotopic (exact) mass is 440 g/mol. The standard InChI is InChI=1S/C25H20N4O2S/c30-24-21-16-8-9-17(19-11-18(16)19)22(21)25(31)29(24)26-12-14-13-28(15-5-2-1-3-6-15)27-23(14)20-7-4-10-32-20/h1-10,12-13,16-19,21-22H,11H2/b26-12-/t16-,17-,18-,19+,21+,22+/m0/s1. The lowest BCUT2D eigenvalue weighted by atomic mass is 9.63. The summed E-state index contributed by atoms with van der Waals surface area (Å²) >= 11 is 1.59. The van der Waals surface area contributed by atoms with Gasteiger partial charge in [0.25, 0.3) is 11.8 Å². The third-order valence-corrected chi connectivity index (χ3v) is 8.35. The Morgan fingerprint density at radius 2 is 1.69 bits per heavy atom. The van der Waals surface area contributed by atoms with Gasteiger partial charge in [0.2, 0.25) is 0 Å². The minimum Gasteiger partial charge on any atom is -0.272 e. The molecule has 3 fully saturated rings. The van der Waals surface area contributed by atoms with E-state index in [0.717, 1.165) is 33.3 Å². The smallest absolute Gasteiger partial charge is 0.254 e. The van der Waals surface area contributed by atoms with E-state index in [1.807, 2.05) is 58.7 Å². The average molecular weight is 441 g/mol. The predicted molar refractivity (Wildman–Crippen MR) is 121 cm³/mol. The van der Waals surface area contributed by atoms with E-state index in [4.69, 9.17) is 5.10 Å². The fraction of sp³-hybridized carbons (Fsp3) is 0.280. The van der Waals surface area contributed by atoms with Crippen molar-refractivity contribution in [1.82, 2.24) is 14.8 Å². The van der Waals surface area contributed by atoms with E-state index >= 15 is 0 Å². The molecule has 2 aromatic heterocycles. The van der Waals surface area contributed by atoms with Crippen LogP contribution in [-0.4, -0.2) is 32.8 Å². The van der Waals surface area contributed by atoms with Crippen LogP contribution in [-0.2, 0) is 9.59 Å². The molecular formula is C25H20N4O2S. The van der Waals surface area contributed by atoms with Crippen molar-refractivity contribution in [2.75, 3.05) is 0 Å². The number of aromatic nitrogens is 2. The lowest BCUT2D eigenvalue weighted by Crippen LogP contribution is -2.40. The molecule has 2 amide bonds. The van der Waals surface area contributed by atoms with E-state index in [2.05, 4.69) is 17.3 Å². The highest BCUT2D eigenvalue weighted by Gasteiger charge is 2.67. The van der Waals surface area contributed by atoms with Crippen molar-refractivity contribution in [3.63, 3.8) is 0 Å². The van der Waals surface area contributed by atoms with Crippen molar-refractivity contribution in [1.29, 1.82) is 0 Å². The Labute approximate surface area is 188 Å². The van der Waals surface area contributed by atoms with Crippen LogP contribution in [0.4, 0.5) is 0 Å². The number of carbonyl (C=O) groups excluding carboxylic acids is 2. The molecule has 3 aromatic rings. The Balaban J connectivity index is 1.24. The molecule has 1 aliphatic heterocycles. The molecule has 6 atom stereocenters. The first-order chi connectivity index (χ1) is 15.7. The SMILES string of the molecule is O=C1[C@@H]2[C@H]3C=C[C@@H]([C@@H]4C[C@H]34)[C@H]2C(=O)N1/N=C\c1cn(-c2ccccc2)nc1-c1cccs1. The van der Waals surface area contributed by atoms with Crippen LogP contribution in [0.2, 0.25) is 0 Å². The summed E-state index contributed by atoms with van der Waals surface area (Å²) in [6.45, 7) is 0. The maximum Gasteiger partial charge on any atom is 0.254 e. The number of imide groups is 1. The van der Waals surface area contributed by atoms with Crippen molar-refractivity contribution in [2.45, 2.75) is 6.42 Å². The van der Waals surface area contributed by atoms with Gasteiger partial charge < -0.3 is 0 Å². The number of hydrogen-bond acceptors (Lipinski definition) is 5. The third-order valence-electron chi connectivity index (χ3n) is 7.47. The predicted octanol–water partition coefficient (Wildman–Crippen LogP) is 3.99. The van der Waals surface area contributed by atoms with Crippen molar-refractivity contribution in [3.8, 4) is 16.3 Å². The van der Waals surface area contributed by atoms with Crippen LogP contribution in [0, 0.1) is 35.5 Å². The maximum absolute atomic E-state index is 13.2. The Kier molecular flexibility index (Phi) is 3.76. The molecule has 0 N–H and O–H groups in total. The Morgan fingerprint density at radius 3 is 2.34 bits per heavy atom. The highest BCUT2D eigenvalue weighted by molar-refractivity contribution is 7.13. The number of hydrogen-bond donors (Lipinski definition) is 0. The molecule has 158 valence electrons. The van der Waals surface area contributed by atoms with Gasteiger partial charge in [0.05, 0.1) is 28.6 Å². The molecule has 7 heteroatoms. The van der Waals surface area contributed by atoms with E-state index in [0.29, 0.717) is 11.8 Å². The fourth-order valence-corrected chi connectivity index (χ4v) is 6.71. The second-order valence-corrected chi connectivity index (χ2v) is 10.0. The van der Waals surface area contributed by atoms with Gasteiger partial charge in [-0.1, -0.05) is 36.4 Å². The van der Waals surface area contributed by atoms with Crippen molar-refractivity contribution in [3.05, 3.63) is 71.8 Å². The lowest BCUT2D eigenvalue weighted by molar-refractivity contribution is -0.140. The normalized spacial score (nSPS) is 32.1. The number of benzene rings is 1. The van der Waals surface area contributed by atoms with Crippen LogP contribution < -0.4 is 0 Å². The summed E-state index contributed by atoms with van der Waals surface area (Å²) < 4.78 is 1.81. The zero-order chi connectivity index (χ0) is 21.4. The average Bonchev–Trinajstić information content (AvgIpc) is 3.16. The van der Waals surface area contributed by atoms with Crippen molar-refractivity contribution in [2.24, 2.45) is 40.6 Å². The highest BCUT2D eigenvalue weighted by Crippen LogP contribution is 2.65. The number of allylic oxidation sites excluding steroid dienone is 2. The zero-order valence-corrected chi connectivity index (χ0v) is 17.9. The van der Waals surface area contributed by atoms with Gasteiger partial charge in [0, 0.05) is 11.8 Å². The molecule has 0 unspecified atom stereocenters. The molecule has 8 rings (SSSR count). The molecule has 2 bridgehead atoms. The topological polar surface area (TPSA) is 67.6 Å². The van der Waals surface area contributed by atoms with E-state index in [1.54, 1.807) is 17.6 Å². The molecule has 3 heterocycles. The largest absolute Gasteiger partial charge is 0.272 e. The number of carbonyl (C=O) groups is 2. The second-order valence-electron chi connectivity index (χ2n) is 9.08. The summed E-state index contributed by atoms with van der Waals surface area (Å²) in [6, 6.07) is 13.9. The summed E-state index contributed by atoms with van der Waals surface area (Å²) in [6.07, 6.45) is 9.02. The molecule has 2 saturated carbocycles. The summed E-state index contributed by atoms with van der Waals surface area (Å²) in [5.74, 6) is 0.818. The highest BCUT2D eigenvalue weighted by atomic mass is 32.1. The van der Waals surface area contributed by atoms with Crippen LogP contribution in [0.25, 0.3) is 16.3 Å². The third kappa shape index (κ3) is 2.51. The fourth-order valence-electron chi connectivity index (χ4n) is 5.97. The van der Waals surface area contributed by atoms with Crippen LogP contribution in [0.3, 0.4) is 0 Å². The van der Waals surface area contributed by atoms with Crippen LogP contribution in [0.1, 0.15) is 12.0 Å². The van der Waals surface area contributed by atoms with Gasteiger partial charge >= 0.3 is 0 Å². The summed E-state index contributed by atoms with van der Waals surface area (Å²) in [7, 11) is 0. The lowest BCUT2D eigenvalue weighted by Gasteiger charge is -2.37. The van der Waals surface area contributed by atoms with E-state index in [-0.39, 0.29) is 35.5 Å². The zero-order valence-electron chi connectivity index (χ0n) is 17.1. The molecule has 1 saturated heterocycles. The molecular weight excluding hydrogens is 420 g/mol. The Morgan fingerprint density at radius 1 is 0.969 bits per heavy atom.